The van der Waals surface area contributed by atoms with Gasteiger partial charge in [0.1, 0.15) is 18.5 Å². The van der Waals surface area contributed by atoms with Crippen molar-refractivity contribution in [2.24, 2.45) is 0 Å². The minimum absolute atomic E-state index is 0. The first-order valence-electron chi connectivity index (χ1n) is 15.3. The molecule has 46 heavy (non-hydrogen) atoms. The summed E-state index contributed by atoms with van der Waals surface area (Å²) in [6.45, 7) is 4.70. The lowest BCUT2D eigenvalue weighted by atomic mass is 9.79. The molecule has 1 spiro atoms. The number of ether oxygens (including phenoxy) is 2. The largest absolute Gasteiger partial charge is 0.490 e. The number of aromatic nitrogens is 6. The third kappa shape index (κ3) is 6.03. The maximum Gasteiger partial charge on any atom is 0.235 e. The van der Waals surface area contributed by atoms with E-state index in [1.54, 1.807) is 12.3 Å². The Hall–Kier alpha value is -4.52. The Kier molecular flexibility index (Phi) is 8.69. The lowest BCUT2D eigenvalue weighted by Gasteiger charge is -2.28. The van der Waals surface area contributed by atoms with E-state index in [0.29, 0.717) is 36.2 Å². The van der Waals surface area contributed by atoms with Gasteiger partial charge in [0.15, 0.2) is 5.75 Å². The number of H-pyrrole nitrogens is 2. The van der Waals surface area contributed by atoms with Crippen LogP contribution in [0.15, 0.2) is 60.9 Å². The highest BCUT2D eigenvalue weighted by atomic mass is 35.5. The molecule has 1 amide bonds. The number of hydrogen-bond acceptors (Lipinski definition) is 9. The van der Waals surface area contributed by atoms with Crippen molar-refractivity contribution >= 4 is 34.9 Å². The second-order valence-electron chi connectivity index (χ2n) is 12.5. The van der Waals surface area contributed by atoms with Gasteiger partial charge >= 0.3 is 0 Å². The number of fused-ring (bicyclic) bond motifs is 3. The van der Waals surface area contributed by atoms with Crippen LogP contribution in [0, 0.1) is 0 Å². The normalized spacial score (nSPS) is 15.8. The van der Waals surface area contributed by atoms with Crippen LogP contribution >= 0.6 is 12.4 Å². The molecule has 13 heteroatoms. The summed E-state index contributed by atoms with van der Waals surface area (Å²) >= 11 is 0. The summed E-state index contributed by atoms with van der Waals surface area (Å²) in [4.78, 5) is 20.6. The first kappa shape index (κ1) is 31.5. The number of anilines is 1. The number of aromatic amines is 2. The molecule has 0 bridgehead atoms. The minimum Gasteiger partial charge on any atom is -0.490 e. The third-order valence-corrected chi connectivity index (χ3v) is 8.84. The highest BCUT2D eigenvalue weighted by molar-refractivity contribution is 6.07. The van der Waals surface area contributed by atoms with E-state index in [1.165, 1.54) is 0 Å². The molecule has 7 rings (SSSR count). The van der Waals surface area contributed by atoms with Crippen LogP contribution in [0.2, 0.25) is 0 Å². The fourth-order valence-electron chi connectivity index (χ4n) is 6.62. The monoisotopic (exact) mass is 644 g/mol. The lowest BCUT2D eigenvalue weighted by Crippen LogP contribution is -2.46. The molecule has 3 aromatic heterocycles. The van der Waals surface area contributed by atoms with Gasteiger partial charge in [0.2, 0.25) is 17.6 Å². The maximum absolute atomic E-state index is 12.9. The van der Waals surface area contributed by atoms with Crippen molar-refractivity contribution in [2.45, 2.75) is 63.0 Å². The van der Waals surface area contributed by atoms with Gasteiger partial charge in [-0.15, -0.1) is 22.6 Å². The van der Waals surface area contributed by atoms with Crippen molar-refractivity contribution in [1.82, 2.24) is 35.9 Å². The van der Waals surface area contributed by atoms with Crippen LogP contribution in [-0.2, 0) is 16.6 Å². The van der Waals surface area contributed by atoms with Crippen molar-refractivity contribution < 1.29 is 19.4 Å². The second kappa shape index (κ2) is 12.7. The van der Waals surface area contributed by atoms with E-state index in [4.69, 9.17) is 9.47 Å². The quantitative estimate of drug-likeness (QED) is 0.132. The summed E-state index contributed by atoms with van der Waals surface area (Å²) in [5.74, 6) is 2.33. The molecule has 240 valence electrons. The first-order valence-corrected chi connectivity index (χ1v) is 15.3. The zero-order valence-electron chi connectivity index (χ0n) is 25.7. The van der Waals surface area contributed by atoms with Gasteiger partial charge in [-0.3, -0.25) is 4.79 Å². The van der Waals surface area contributed by atoms with E-state index < -0.39 is 11.5 Å². The van der Waals surface area contributed by atoms with Gasteiger partial charge in [-0.2, -0.15) is 5.21 Å². The first-order chi connectivity index (χ1) is 21.8. The number of β-amino-alcohol motifs (C(OH)–C–C–N with tert-alkyl or cyclic N) is 1. The Morgan fingerprint density at radius 3 is 2.65 bits per heavy atom. The molecule has 4 heterocycles. The summed E-state index contributed by atoms with van der Waals surface area (Å²) in [6, 6.07) is 15.2. The number of pyridine rings is 1. The smallest absolute Gasteiger partial charge is 0.235 e. The van der Waals surface area contributed by atoms with Crippen molar-refractivity contribution in [2.75, 3.05) is 18.5 Å². The standard InChI is InChI=1S/C33H36N8O4.ClH/c1-32(2,36-18-22(42)19-44-25-9-6-8-24-28(25)33(31(43)37-24)13-3-4-14-33)15-21-17-35-29-23(21)7-5-10-26(29)45-27-12-11-20(16-34-27)30-38-40-41-39-30;/h5-12,16-17,22,35-36,42H,3-4,13-15,18-19H2,1-2H3,(H,37,43)(H,38,39,40,41);1H/t22-;/m0./s1. The van der Waals surface area contributed by atoms with Gasteiger partial charge < -0.3 is 30.2 Å². The number of halogens is 1. The van der Waals surface area contributed by atoms with Crippen molar-refractivity contribution in [3.8, 4) is 28.8 Å². The van der Waals surface area contributed by atoms with Gasteiger partial charge in [-0.25, -0.2) is 4.98 Å². The zero-order chi connectivity index (χ0) is 31.0. The third-order valence-electron chi connectivity index (χ3n) is 8.84. The maximum atomic E-state index is 12.9. The molecule has 2 aliphatic rings. The molecular weight excluding hydrogens is 608 g/mol. The Labute approximate surface area is 272 Å². The number of carbonyl (C=O) groups is 1. The van der Waals surface area contributed by atoms with Crippen LogP contribution in [0.25, 0.3) is 22.3 Å². The second-order valence-corrected chi connectivity index (χ2v) is 12.5. The predicted molar refractivity (Wildman–Crippen MR) is 176 cm³/mol. The number of benzene rings is 2. The molecule has 0 unspecified atom stereocenters. The van der Waals surface area contributed by atoms with Crippen LogP contribution in [-0.4, -0.2) is 66.4 Å². The summed E-state index contributed by atoms with van der Waals surface area (Å²) < 4.78 is 12.3. The molecule has 1 atom stereocenters. The summed E-state index contributed by atoms with van der Waals surface area (Å²) in [5, 5.41) is 32.4. The summed E-state index contributed by atoms with van der Waals surface area (Å²) in [6.07, 6.45) is 7.35. The molecule has 1 aliphatic heterocycles. The number of carbonyl (C=O) groups excluding carboxylic acids is 1. The van der Waals surface area contributed by atoms with Crippen molar-refractivity contribution in [3.05, 3.63) is 72.1 Å². The van der Waals surface area contributed by atoms with Crippen LogP contribution in [0.5, 0.6) is 17.4 Å². The highest BCUT2D eigenvalue weighted by Crippen LogP contribution is 2.52. The number of nitrogens with one attached hydrogen (secondary N) is 4. The van der Waals surface area contributed by atoms with E-state index in [0.717, 1.165) is 59.0 Å². The molecule has 0 saturated heterocycles. The number of hydrogen-bond donors (Lipinski definition) is 5. The summed E-state index contributed by atoms with van der Waals surface area (Å²) in [7, 11) is 0. The number of tetrazole rings is 1. The van der Waals surface area contributed by atoms with Gasteiger partial charge in [0.25, 0.3) is 0 Å². The van der Waals surface area contributed by atoms with Gasteiger partial charge in [-0.1, -0.05) is 31.0 Å². The van der Waals surface area contributed by atoms with Gasteiger partial charge in [0.05, 0.1) is 10.9 Å². The van der Waals surface area contributed by atoms with E-state index in [1.807, 2.05) is 42.6 Å². The number of para-hydroxylation sites is 1. The van der Waals surface area contributed by atoms with E-state index in [-0.39, 0.29) is 30.5 Å². The summed E-state index contributed by atoms with van der Waals surface area (Å²) in [5.41, 5.74) is 3.69. The topological polar surface area (TPSA) is 163 Å². The fourth-order valence-corrected chi connectivity index (χ4v) is 6.62. The zero-order valence-corrected chi connectivity index (χ0v) is 26.5. The SMILES string of the molecule is CC(C)(Cc1c[nH]c2c(Oc3ccc(-c4nn[nH]n4)cn3)cccc12)NC[C@H](O)COc1cccc2c1C1(CCCC1)C(=O)N2.Cl. The lowest BCUT2D eigenvalue weighted by molar-refractivity contribution is -0.120. The molecule has 12 nitrogen and oxygen atoms in total. The number of aliphatic hydroxyl groups is 1. The van der Waals surface area contributed by atoms with E-state index in [9.17, 15) is 9.90 Å². The van der Waals surface area contributed by atoms with E-state index >= 15 is 0 Å². The Morgan fingerprint density at radius 2 is 1.89 bits per heavy atom. The molecule has 1 fully saturated rings. The Balaban J connectivity index is 0.00000372. The average molecular weight is 645 g/mol. The van der Waals surface area contributed by atoms with Crippen LogP contribution in [0.1, 0.15) is 50.7 Å². The fraction of sp³-hybridized carbons (Fsp3) is 0.364. The van der Waals surface area contributed by atoms with Gasteiger partial charge in [-0.05, 0) is 68.2 Å². The molecule has 2 aromatic carbocycles. The van der Waals surface area contributed by atoms with Crippen LogP contribution in [0.3, 0.4) is 0 Å². The molecule has 1 aliphatic carbocycles. The van der Waals surface area contributed by atoms with Crippen LogP contribution in [0.4, 0.5) is 5.69 Å². The molecule has 0 radical (unpaired) electrons. The highest BCUT2D eigenvalue weighted by Gasteiger charge is 2.50. The van der Waals surface area contributed by atoms with Gasteiger partial charge in [0, 0.05) is 52.7 Å². The minimum atomic E-state index is -0.730. The predicted octanol–water partition coefficient (Wildman–Crippen LogP) is 5.07. The molecular formula is C33H37ClN8O4. The average Bonchev–Trinajstić information content (AvgIpc) is 3.85. The Bertz CT molecular complexity index is 1820. The number of nitrogens with zero attached hydrogens (tertiary/aromatic N) is 4. The molecule has 5 aromatic rings. The number of amides is 1. The molecule has 5 N–H and O–H groups in total. The van der Waals surface area contributed by atoms with Crippen molar-refractivity contribution in [1.29, 1.82) is 0 Å². The van der Waals surface area contributed by atoms with Crippen LogP contribution < -0.4 is 20.1 Å². The van der Waals surface area contributed by atoms with E-state index in [2.05, 4.69) is 61.1 Å². The Morgan fingerprint density at radius 1 is 1.09 bits per heavy atom. The number of aliphatic hydroxyl groups excluding tert-OH is 1. The number of rotatable bonds is 11. The van der Waals surface area contributed by atoms with Crippen molar-refractivity contribution in [3.63, 3.8) is 0 Å². The molecule has 1 saturated carbocycles.